The van der Waals surface area contributed by atoms with Crippen molar-refractivity contribution in [2.45, 2.75) is 12.2 Å². The molecule has 1 heterocycles. The van der Waals surface area contributed by atoms with Crippen molar-refractivity contribution in [2.24, 2.45) is 10.2 Å². The number of carbonyl (C=O) groups excluding carboxylic acids is 1. The Kier molecular flexibility index (Phi) is 4.79. The molecule has 1 saturated heterocycles. The van der Waals surface area contributed by atoms with Crippen molar-refractivity contribution in [3.8, 4) is 0 Å². The summed E-state index contributed by atoms with van der Waals surface area (Å²) < 4.78 is 0. The molecular weight excluding hydrogens is 330 g/mol. The van der Waals surface area contributed by atoms with Crippen LogP contribution >= 0.6 is 23.4 Å². The van der Waals surface area contributed by atoms with Gasteiger partial charge in [0.2, 0.25) is 5.91 Å². The Morgan fingerprint density at radius 2 is 1.83 bits per heavy atom. The molecule has 1 fully saturated rings. The van der Waals surface area contributed by atoms with Gasteiger partial charge in [-0.15, -0.1) is 5.10 Å². The summed E-state index contributed by atoms with van der Waals surface area (Å²) in [4.78, 5) is 12.1. The Bertz CT molecular complexity index is 772. The predicted octanol–water partition coefficient (Wildman–Crippen LogP) is 4.02. The van der Waals surface area contributed by atoms with E-state index in [1.165, 1.54) is 11.8 Å². The number of rotatable bonds is 3. The molecule has 1 aliphatic rings. The molecule has 116 valence electrons. The molecule has 0 bridgehead atoms. The average molecular weight is 344 g/mol. The molecule has 0 aliphatic carbocycles. The maximum Gasteiger partial charge on any atom is 0.244 e. The smallest absolute Gasteiger partial charge is 0.244 e. The predicted molar refractivity (Wildman–Crippen MR) is 96.0 cm³/mol. The van der Waals surface area contributed by atoms with Crippen molar-refractivity contribution in [2.75, 3.05) is 0 Å². The zero-order valence-electron chi connectivity index (χ0n) is 12.4. The quantitative estimate of drug-likeness (QED) is 0.676. The van der Waals surface area contributed by atoms with Crippen molar-refractivity contribution < 1.29 is 4.79 Å². The number of carbonyl (C=O) groups is 1. The SMILES string of the molecule is C/C(=N\N=C1\NC(=O)[C@H](c2ccccc2)S1)c1ccc(Cl)cc1. The summed E-state index contributed by atoms with van der Waals surface area (Å²) >= 11 is 7.24. The molecule has 23 heavy (non-hydrogen) atoms. The lowest BCUT2D eigenvalue weighted by Gasteiger charge is -2.03. The summed E-state index contributed by atoms with van der Waals surface area (Å²) in [6.07, 6.45) is 0. The fraction of sp³-hybridized carbons (Fsp3) is 0.118. The zero-order chi connectivity index (χ0) is 16.2. The largest absolute Gasteiger partial charge is 0.302 e. The van der Waals surface area contributed by atoms with Crippen LogP contribution < -0.4 is 5.32 Å². The van der Waals surface area contributed by atoms with E-state index < -0.39 is 0 Å². The minimum atomic E-state index is -0.277. The van der Waals surface area contributed by atoms with Crippen LogP contribution in [0.15, 0.2) is 64.8 Å². The molecule has 0 unspecified atom stereocenters. The topological polar surface area (TPSA) is 53.8 Å². The second kappa shape index (κ2) is 6.98. The third-order valence-corrected chi connectivity index (χ3v) is 4.73. The molecule has 0 spiro atoms. The minimum absolute atomic E-state index is 0.0701. The number of hydrogen-bond acceptors (Lipinski definition) is 4. The van der Waals surface area contributed by atoms with E-state index in [2.05, 4.69) is 15.5 Å². The standard InChI is InChI=1S/C17H14ClN3OS/c1-11(12-7-9-14(18)10-8-12)20-21-17-19-16(22)15(23-17)13-5-3-2-4-6-13/h2-10,15H,1H3,(H,19,21,22)/b20-11+/t15-/m0/s1. The molecular formula is C17H14ClN3OS. The van der Waals surface area contributed by atoms with Crippen molar-refractivity contribution in [3.63, 3.8) is 0 Å². The van der Waals surface area contributed by atoms with Gasteiger partial charge in [0.25, 0.3) is 0 Å². The van der Waals surface area contributed by atoms with E-state index in [-0.39, 0.29) is 11.2 Å². The number of nitrogens with zero attached hydrogens (tertiary/aromatic N) is 2. The van der Waals surface area contributed by atoms with Crippen LogP contribution in [0.25, 0.3) is 0 Å². The van der Waals surface area contributed by atoms with Crippen molar-refractivity contribution in [1.29, 1.82) is 0 Å². The fourth-order valence-corrected chi connectivity index (χ4v) is 3.19. The number of halogens is 1. The van der Waals surface area contributed by atoms with E-state index in [1.54, 1.807) is 12.1 Å². The molecule has 2 aromatic carbocycles. The van der Waals surface area contributed by atoms with Gasteiger partial charge in [-0.2, -0.15) is 5.10 Å². The lowest BCUT2D eigenvalue weighted by atomic mass is 10.1. The van der Waals surface area contributed by atoms with Gasteiger partial charge < -0.3 is 5.32 Å². The Hall–Kier alpha value is -2.11. The highest BCUT2D eigenvalue weighted by atomic mass is 35.5. The average Bonchev–Trinajstić information content (AvgIpc) is 2.95. The van der Waals surface area contributed by atoms with Crippen LogP contribution in [0.2, 0.25) is 5.02 Å². The molecule has 4 nitrogen and oxygen atoms in total. The minimum Gasteiger partial charge on any atom is -0.302 e. The Labute approximate surface area is 143 Å². The maximum absolute atomic E-state index is 12.1. The summed E-state index contributed by atoms with van der Waals surface area (Å²) in [5, 5.41) is 12.0. The van der Waals surface area contributed by atoms with Gasteiger partial charge in [0.15, 0.2) is 5.17 Å². The van der Waals surface area contributed by atoms with Crippen LogP contribution in [-0.2, 0) is 4.79 Å². The second-order valence-corrected chi connectivity index (χ2v) is 6.53. The number of nitrogens with one attached hydrogen (secondary N) is 1. The molecule has 0 radical (unpaired) electrons. The highest BCUT2D eigenvalue weighted by molar-refractivity contribution is 8.15. The first-order valence-corrected chi connectivity index (χ1v) is 8.30. The lowest BCUT2D eigenvalue weighted by Crippen LogP contribution is -2.21. The fourth-order valence-electron chi connectivity index (χ4n) is 2.13. The number of benzene rings is 2. The van der Waals surface area contributed by atoms with Crippen LogP contribution in [0.5, 0.6) is 0 Å². The van der Waals surface area contributed by atoms with Crippen molar-refractivity contribution in [3.05, 3.63) is 70.7 Å². The van der Waals surface area contributed by atoms with Gasteiger partial charge in [-0.3, -0.25) is 4.79 Å². The van der Waals surface area contributed by atoms with E-state index >= 15 is 0 Å². The van der Waals surface area contributed by atoms with Gasteiger partial charge in [-0.05, 0) is 30.2 Å². The number of amides is 1. The van der Waals surface area contributed by atoms with Crippen LogP contribution in [0.1, 0.15) is 23.3 Å². The van der Waals surface area contributed by atoms with Crippen LogP contribution in [0.4, 0.5) is 0 Å². The van der Waals surface area contributed by atoms with E-state index in [1.807, 2.05) is 49.4 Å². The number of amidine groups is 1. The first kappa shape index (κ1) is 15.8. The van der Waals surface area contributed by atoms with Crippen LogP contribution in [0, 0.1) is 0 Å². The van der Waals surface area contributed by atoms with E-state index in [0.717, 1.165) is 16.8 Å². The van der Waals surface area contributed by atoms with Gasteiger partial charge in [-0.1, -0.05) is 65.8 Å². The Morgan fingerprint density at radius 3 is 2.52 bits per heavy atom. The molecule has 1 amide bonds. The molecule has 6 heteroatoms. The van der Waals surface area contributed by atoms with Gasteiger partial charge >= 0.3 is 0 Å². The Balaban J connectivity index is 1.75. The number of hydrogen-bond donors (Lipinski definition) is 1. The van der Waals surface area contributed by atoms with Crippen molar-refractivity contribution in [1.82, 2.24) is 5.32 Å². The summed E-state index contributed by atoms with van der Waals surface area (Å²) in [5.74, 6) is -0.0701. The normalized spacial score (nSPS) is 19.9. The van der Waals surface area contributed by atoms with Gasteiger partial charge in [0, 0.05) is 5.02 Å². The monoisotopic (exact) mass is 343 g/mol. The summed E-state index contributed by atoms with van der Waals surface area (Å²) in [5.41, 5.74) is 2.65. The van der Waals surface area contributed by atoms with Gasteiger partial charge in [-0.25, -0.2) is 0 Å². The molecule has 0 aromatic heterocycles. The third kappa shape index (κ3) is 3.81. The lowest BCUT2D eigenvalue weighted by molar-refractivity contribution is -0.118. The first-order valence-electron chi connectivity index (χ1n) is 7.04. The van der Waals surface area contributed by atoms with Crippen LogP contribution in [0.3, 0.4) is 0 Å². The Morgan fingerprint density at radius 1 is 1.13 bits per heavy atom. The van der Waals surface area contributed by atoms with E-state index in [0.29, 0.717) is 10.2 Å². The summed E-state index contributed by atoms with van der Waals surface area (Å²) in [7, 11) is 0. The maximum atomic E-state index is 12.1. The van der Waals surface area contributed by atoms with E-state index in [4.69, 9.17) is 11.6 Å². The van der Waals surface area contributed by atoms with Crippen molar-refractivity contribution >= 4 is 40.1 Å². The first-order chi connectivity index (χ1) is 11.1. The second-order valence-electron chi connectivity index (χ2n) is 5.00. The van der Waals surface area contributed by atoms with E-state index in [9.17, 15) is 4.79 Å². The molecule has 0 saturated carbocycles. The third-order valence-electron chi connectivity index (χ3n) is 3.35. The highest BCUT2D eigenvalue weighted by Crippen LogP contribution is 2.34. The van der Waals surface area contributed by atoms with Gasteiger partial charge in [0.1, 0.15) is 5.25 Å². The molecule has 3 rings (SSSR count). The molecule has 1 aliphatic heterocycles. The molecule has 1 N–H and O–H groups in total. The molecule has 2 aromatic rings. The molecule has 1 atom stereocenters. The highest BCUT2D eigenvalue weighted by Gasteiger charge is 2.31. The zero-order valence-corrected chi connectivity index (χ0v) is 13.9. The van der Waals surface area contributed by atoms with Gasteiger partial charge in [0.05, 0.1) is 5.71 Å². The summed E-state index contributed by atoms with van der Waals surface area (Å²) in [6.45, 7) is 1.86. The number of thioether (sulfide) groups is 1. The summed E-state index contributed by atoms with van der Waals surface area (Å²) in [6, 6.07) is 17.0. The van der Waals surface area contributed by atoms with Crippen LogP contribution in [-0.4, -0.2) is 16.8 Å².